The molecule has 2 rings (SSSR count). The van der Waals surface area contributed by atoms with E-state index in [-0.39, 0.29) is 36.1 Å². The lowest BCUT2D eigenvalue weighted by Gasteiger charge is -2.06. The van der Waals surface area contributed by atoms with Gasteiger partial charge in [0.15, 0.2) is 11.5 Å². The van der Waals surface area contributed by atoms with E-state index in [1.807, 2.05) is 0 Å². The first-order valence-electron chi connectivity index (χ1n) is 5.97. The molecular weight excluding hydrogens is 282 g/mol. The maximum absolute atomic E-state index is 11.1. The van der Waals surface area contributed by atoms with E-state index in [9.17, 15) is 20.0 Å². The van der Waals surface area contributed by atoms with Crippen LogP contribution in [0.15, 0.2) is 12.1 Å². The predicted molar refractivity (Wildman–Crippen MR) is 68.6 cm³/mol. The standard InChI is InChI=1S/C13H11NO7/c1-2-19-13(16)4-3-10(15)8-5-11-12(21-7-20-11)6-9(8)14(17)18/h5-6,10,15H,2,7H2,1H3. The molecule has 1 N–H and O–H groups in total. The van der Waals surface area contributed by atoms with Crippen molar-refractivity contribution in [3.05, 3.63) is 27.8 Å². The molecule has 8 heteroatoms. The SMILES string of the molecule is CCOC(=O)C#CC(O)c1cc2c(cc1[N+](=O)[O-])OCO2. The first-order valence-corrected chi connectivity index (χ1v) is 5.97. The highest BCUT2D eigenvalue weighted by atomic mass is 16.7. The number of nitro benzene ring substituents is 1. The lowest BCUT2D eigenvalue weighted by atomic mass is 10.1. The number of nitro groups is 1. The van der Waals surface area contributed by atoms with Crippen LogP contribution in [0.1, 0.15) is 18.6 Å². The molecule has 1 aromatic rings. The Bertz CT molecular complexity index is 644. The van der Waals surface area contributed by atoms with Gasteiger partial charge >= 0.3 is 5.97 Å². The van der Waals surface area contributed by atoms with Crippen LogP contribution < -0.4 is 9.47 Å². The van der Waals surface area contributed by atoms with E-state index in [0.29, 0.717) is 0 Å². The van der Waals surface area contributed by atoms with Gasteiger partial charge in [0.25, 0.3) is 5.69 Å². The van der Waals surface area contributed by atoms with Crippen LogP contribution in [-0.2, 0) is 9.53 Å². The Kier molecular flexibility index (Phi) is 4.25. The largest absolute Gasteiger partial charge is 0.456 e. The van der Waals surface area contributed by atoms with E-state index >= 15 is 0 Å². The minimum absolute atomic E-state index is 0.0550. The molecule has 1 heterocycles. The molecule has 1 aromatic carbocycles. The maximum Gasteiger partial charge on any atom is 0.384 e. The molecule has 0 aliphatic carbocycles. The third-order valence-corrected chi connectivity index (χ3v) is 2.60. The highest BCUT2D eigenvalue weighted by Crippen LogP contribution is 2.39. The molecule has 0 bridgehead atoms. The fourth-order valence-electron chi connectivity index (χ4n) is 1.70. The first kappa shape index (κ1) is 14.6. The molecule has 0 aromatic heterocycles. The van der Waals surface area contributed by atoms with E-state index in [4.69, 9.17) is 9.47 Å². The molecule has 8 nitrogen and oxygen atoms in total. The average Bonchev–Trinajstić information content (AvgIpc) is 2.90. The van der Waals surface area contributed by atoms with Crippen molar-refractivity contribution in [2.75, 3.05) is 13.4 Å². The van der Waals surface area contributed by atoms with Gasteiger partial charge < -0.3 is 19.3 Å². The number of ether oxygens (including phenoxy) is 3. The highest BCUT2D eigenvalue weighted by Gasteiger charge is 2.26. The molecule has 1 aliphatic heterocycles. The monoisotopic (exact) mass is 293 g/mol. The molecule has 0 radical (unpaired) electrons. The summed E-state index contributed by atoms with van der Waals surface area (Å²) in [4.78, 5) is 21.5. The minimum atomic E-state index is -1.52. The van der Waals surface area contributed by atoms with Crippen LogP contribution in [0.3, 0.4) is 0 Å². The van der Waals surface area contributed by atoms with Gasteiger partial charge in [0.05, 0.1) is 23.2 Å². The van der Waals surface area contributed by atoms with Crippen LogP contribution in [0.2, 0.25) is 0 Å². The Morgan fingerprint density at radius 1 is 1.52 bits per heavy atom. The molecule has 1 unspecified atom stereocenters. The second-order valence-corrected chi connectivity index (χ2v) is 3.91. The van der Waals surface area contributed by atoms with Gasteiger partial charge in [-0.15, -0.1) is 0 Å². The Labute approximate surface area is 119 Å². The summed E-state index contributed by atoms with van der Waals surface area (Å²) in [6, 6.07) is 2.41. The molecular formula is C13H11NO7. The molecule has 0 saturated carbocycles. The van der Waals surface area contributed by atoms with E-state index in [1.54, 1.807) is 6.92 Å². The van der Waals surface area contributed by atoms with Crippen LogP contribution in [0, 0.1) is 22.0 Å². The van der Waals surface area contributed by atoms with Gasteiger partial charge in [0.2, 0.25) is 6.79 Å². The summed E-state index contributed by atoms with van der Waals surface area (Å²) in [5, 5.41) is 20.9. The predicted octanol–water partition coefficient (Wildman–Crippen LogP) is 0.923. The third kappa shape index (κ3) is 3.21. The van der Waals surface area contributed by atoms with Crippen molar-refractivity contribution in [2.45, 2.75) is 13.0 Å². The van der Waals surface area contributed by atoms with Crippen LogP contribution in [-0.4, -0.2) is 29.4 Å². The van der Waals surface area contributed by atoms with Crippen molar-refractivity contribution < 1.29 is 29.0 Å². The zero-order chi connectivity index (χ0) is 15.4. The van der Waals surface area contributed by atoms with Crippen molar-refractivity contribution in [3.8, 4) is 23.3 Å². The summed E-state index contributed by atoms with van der Waals surface area (Å²) in [7, 11) is 0. The second kappa shape index (κ2) is 6.11. The number of hydrogen-bond donors (Lipinski definition) is 1. The molecule has 21 heavy (non-hydrogen) atoms. The number of fused-ring (bicyclic) bond motifs is 1. The molecule has 110 valence electrons. The molecule has 0 amide bonds. The fraction of sp³-hybridized carbons (Fsp3) is 0.308. The zero-order valence-corrected chi connectivity index (χ0v) is 11.0. The normalized spacial score (nSPS) is 13.0. The second-order valence-electron chi connectivity index (χ2n) is 3.91. The number of hydrogen-bond acceptors (Lipinski definition) is 7. The third-order valence-electron chi connectivity index (χ3n) is 2.60. The molecule has 0 fully saturated rings. The van der Waals surface area contributed by atoms with Crippen LogP contribution in [0.4, 0.5) is 5.69 Å². The number of nitrogens with zero attached hydrogens (tertiary/aromatic N) is 1. The topological polar surface area (TPSA) is 108 Å². The van der Waals surface area contributed by atoms with Crippen LogP contribution >= 0.6 is 0 Å². The van der Waals surface area contributed by atoms with Crippen molar-refractivity contribution in [3.63, 3.8) is 0 Å². The molecule has 0 spiro atoms. The Morgan fingerprint density at radius 2 is 2.19 bits per heavy atom. The van der Waals surface area contributed by atoms with Gasteiger partial charge in [0.1, 0.15) is 6.10 Å². The lowest BCUT2D eigenvalue weighted by Crippen LogP contribution is -2.03. The number of aliphatic hydroxyl groups excluding tert-OH is 1. The van der Waals surface area contributed by atoms with E-state index in [2.05, 4.69) is 16.6 Å². The lowest BCUT2D eigenvalue weighted by molar-refractivity contribution is -0.386. The van der Waals surface area contributed by atoms with Gasteiger partial charge in [0, 0.05) is 5.92 Å². The van der Waals surface area contributed by atoms with E-state index in [1.165, 1.54) is 6.07 Å². The summed E-state index contributed by atoms with van der Waals surface area (Å²) in [6.45, 7) is 1.70. The zero-order valence-electron chi connectivity index (χ0n) is 11.0. The van der Waals surface area contributed by atoms with E-state index < -0.39 is 17.0 Å². The fourth-order valence-corrected chi connectivity index (χ4v) is 1.70. The van der Waals surface area contributed by atoms with Crippen molar-refractivity contribution >= 4 is 11.7 Å². The summed E-state index contributed by atoms with van der Waals surface area (Å²) < 4.78 is 14.7. The maximum atomic E-state index is 11.1. The highest BCUT2D eigenvalue weighted by molar-refractivity contribution is 5.88. The average molecular weight is 293 g/mol. The summed E-state index contributed by atoms with van der Waals surface area (Å²) >= 11 is 0. The summed E-state index contributed by atoms with van der Waals surface area (Å²) in [5.74, 6) is 3.93. The number of aliphatic hydroxyl groups is 1. The van der Waals surface area contributed by atoms with Gasteiger partial charge in [-0.1, -0.05) is 5.92 Å². The Hall–Kier alpha value is -2.79. The van der Waals surface area contributed by atoms with Gasteiger partial charge in [-0.3, -0.25) is 10.1 Å². The quantitative estimate of drug-likeness (QED) is 0.290. The minimum Gasteiger partial charge on any atom is -0.456 e. The van der Waals surface area contributed by atoms with Gasteiger partial charge in [-0.2, -0.15) is 0 Å². The number of carbonyl (C=O) groups is 1. The first-order chi connectivity index (χ1) is 10.0. The Balaban J connectivity index is 2.33. The van der Waals surface area contributed by atoms with Gasteiger partial charge in [-0.05, 0) is 13.0 Å². The van der Waals surface area contributed by atoms with Crippen LogP contribution in [0.5, 0.6) is 11.5 Å². The molecule has 1 atom stereocenters. The van der Waals surface area contributed by atoms with E-state index in [0.717, 1.165) is 6.07 Å². The number of benzene rings is 1. The number of rotatable bonds is 3. The Morgan fingerprint density at radius 3 is 2.81 bits per heavy atom. The number of carbonyl (C=O) groups excluding carboxylic acids is 1. The number of esters is 1. The summed E-state index contributed by atoms with van der Waals surface area (Å²) in [5.41, 5.74) is -0.453. The van der Waals surface area contributed by atoms with Gasteiger partial charge in [-0.25, -0.2) is 4.79 Å². The molecule has 1 aliphatic rings. The van der Waals surface area contributed by atoms with Crippen molar-refractivity contribution in [1.82, 2.24) is 0 Å². The summed E-state index contributed by atoms with van der Waals surface area (Å²) in [6.07, 6.45) is -1.52. The molecule has 0 saturated heterocycles. The van der Waals surface area contributed by atoms with Crippen molar-refractivity contribution in [2.24, 2.45) is 0 Å². The van der Waals surface area contributed by atoms with Crippen molar-refractivity contribution in [1.29, 1.82) is 0 Å². The van der Waals surface area contributed by atoms with Crippen LogP contribution in [0.25, 0.3) is 0 Å². The smallest absolute Gasteiger partial charge is 0.384 e.